The molecule has 0 saturated heterocycles. The molecule has 0 spiro atoms. The van der Waals surface area contributed by atoms with Gasteiger partial charge in [-0.05, 0) is 28.0 Å². The number of fused-ring (bicyclic) bond motifs is 1. The SMILES string of the molecule is O=C([O-])c1ccc(Nc2c([N+](=O)[O-])cc([N+](=O)[O-])c3nonc23)cc1. The number of nitrogens with one attached hydrogen (secondary N) is 1. The van der Waals surface area contributed by atoms with Crippen LogP contribution in [-0.2, 0) is 0 Å². The number of rotatable bonds is 5. The van der Waals surface area contributed by atoms with Gasteiger partial charge in [-0.15, -0.1) is 0 Å². The highest BCUT2D eigenvalue weighted by Gasteiger charge is 2.29. The van der Waals surface area contributed by atoms with Crippen molar-refractivity contribution in [2.75, 3.05) is 5.32 Å². The monoisotopic (exact) mass is 344 g/mol. The first kappa shape index (κ1) is 15.8. The topological polar surface area (TPSA) is 177 Å². The molecule has 0 amide bonds. The standard InChI is InChI=1S/C13H7N5O7/c19-13(20)6-1-3-7(4-2-6)14-10-8(17(21)22)5-9(18(23)24)11-12(10)16-25-15-11/h1-5,14H,(H,19,20)/p-1. The van der Waals surface area contributed by atoms with Gasteiger partial charge >= 0.3 is 11.4 Å². The zero-order valence-corrected chi connectivity index (χ0v) is 12.0. The van der Waals surface area contributed by atoms with Crippen LogP contribution >= 0.6 is 0 Å². The molecule has 2 aromatic carbocycles. The van der Waals surface area contributed by atoms with Crippen molar-refractivity contribution >= 4 is 39.8 Å². The van der Waals surface area contributed by atoms with Crippen molar-refractivity contribution in [2.45, 2.75) is 0 Å². The van der Waals surface area contributed by atoms with Crippen LogP contribution in [0.5, 0.6) is 0 Å². The van der Waals surface area contributed by atoms with E-state index in [1.54, 1.807) is 0 Å². The van der Waals surface area contributed by atoms with Crippen molar-refractivity contribution in [3.8, 4) is 0 Å². The first-order valence-corrected chi connectivity index (χ1v) is 6.55. The zero-order valence-electron chi connectivity index (χ0n) is 12.0. The third-order valence-corrected chi connectivity index (χ3v) is 3.28. The highest BCUT2D eigenvalue weighted by Crippen LogP contribution is 2.39. The van der Waals surface area contributed by atoms with E-state index >= 15 is 0 Å². The van der Waals surface area contributed by atoms with E-state index in [4.69, 9.17) is 0 Å². The van der Waals surface area contributed by atoms with E-state index in [1.165, 1.54) is 24.3 Å². The summed E-state index contributed by atoms with van der Waals surface area (Å²) < 4.78 is 4.47. The fraction of sp³-hybridized carbons (Fsp3) is 0. The number of carboxylic acid groups (broad SMARTS) is 1. The third kappa shape index (κ3) is 2.78. The average Bonchev–Trinajstić information content (AvgIpc) is 3.04. The molecule has 25 heavy (non-hydrogen) atoms. The molecule has 0 saturated carbocycles. The molecule has 3 aromatic rings. The summed E-state index contributed by atoms with van der Waals surface area (Å²) in [7, 11) is 0. The van der Waals surface area contributed by atoms with Crippen molar-refractivity contribution in [3.63, 3.8) is 0 Å². The summed E-state index contributed by atoms with van der Waals surface area (Å²) in [6.45, 7) is 0. The molecule has 0 aliphatic heterocycles. The summed E-state index contributed by atoms with van der Waals surface area (Å²) in [6.07, 6.45) is 0. The third-order valence-electron chi connectivity index (χ3n) is 3.28. The number of carbonyl (C=O) groups is 1. The summed E-state index contributed by atoms with van der Waals surface area (Å²) in [6, 6.07) is 5.88. The Kier molecular flexibility index (Phi) is 3.69. The van der Waals surface area contributed by atoms with Gasteiger partial charge < -0.3 is 15.2 Å². The molecule has 0 aliphatic carbocycles. The number of anilines is 2. The Morgan fingerprint density at radius 1 is 1.00 bits per heavy atom. The number of non-ortho nitro benzene ring substituents is 1. The summed E-state index contributed by atoms with van der Waals surface area (Å²) in [4.78, 5) is 31.4. The van der Waals surface area contributed by atoms with Gasteiger partial charge in [0.1, 0.15) is 5.69 Å². The highest BCUT2D eigenvalue weighted by molar-refractivity contribution is 6.00. The lowest BCUT2D eigenvalue weighted by Crippen LogP contribution is -2.21. The van der Waals surface area contributed by atoms with Crippen LogP contribution in [0.25, 0.3) is 11.0 Å². The van der Waals surface area contributed by atoms with E-state index in [0.29, 0.717) is 0 Å². The second-order valence-electron chi connectivity index (χ2n) is 4.76. The van der Waals surface area contributed by atoms with Crippen molar-refractivity contribution in [2.24, 2.45) is 0 Å². The van der Waals surface area contributed by atoms with Crippen molar-refractivity contribution < 1.29 is 24.4 Å². The number of hydrogen-bond donors (Lipinski definition) is 1. The molecule has 1 aromatic heterocycles. The molecule has 3 rings (SSSR count). The van der Waals surface area contributed by atoms with Gasteiger partial charge in [-0.25, -0.2) is 4.63 Å². The molecule has 0 bridgehead atoms. The first-order valence-electron chi connectivity index (χ1n) is 6.55. The van der Waals surface area contributed by atoms with Gasteiger partial charge in [0.2, 0.25) is 5.52 Å². The summed E-state index contributed by atoms with van der Waals surface area (Å²) >= 11 is 0. The number of aromatic carboxylic acids is 1. The number of nitrogens with zero attached hydrogens (tertiary/aromatic N) is 4. The Morgan fingerprint density at radius 2 is 1.60 bits per heavy atom. The molecular weight excluding hydrogens is 338 g/mol. The molecule has 0 fully saturated rings. The van der Waals surface area contributed by atoms with Crippen LogP contribution in [-0.4, -0.2) is 26.1 Å². The Morgan fingerprint density at radius 3 is 2.16 bits per heavy atom. The second-order valence-corrected chi connectivity index (χ2v) is 4.76. The van der Waals surface area contributed by atoms with Crippen LogP contribution in [0.15, 0.2) is 35.0 Å². The lowest BCUT2D eigenvalue weighted by atomic mass is 10.1. The minimum absolute atomic E-state index is 0.0861. The summed E-state index contributed by atoms with van der Waals surface area (Å²) in [5.74, 6) is -1.38. The molecule has 1 N–H and O–H groups in total. The van der Waals surface area contributed by atoms with Crippen molar-refractivity contribution in [1.29, 1.82) is 0 Å². The van der Waals surface area contributed by atoms with Gasteiger partial charge in [-0.1, -0.05) is 12.1 Å². The Hall–Kier alpha value is -4.09. The van der Waals surface area contributed by atoms with Crippen LogP contribution in [0, 0.1) is 20.2 Å². The summed E-state index contributed by atoms with van der Waals surface area (Å²) in [5, 5.41) is 42.6. The maximum atomic E-state index is 11.3. The molecule has 12 nitrogen and oxygen atoms in total. The lowest BCUT2D eigenvalue weighted by Gasteiger charge is -2.08. The van der Waals surface area contributed by atoms with Crippen LogP contribution in [0.3, 0.4) is 0 Å². The molecular formula is C13H6N5O7-. The minimum atomic E-state index is -1.38. The van der Waals surface area contributed by atoms with Gasteiger partial charge in [0.15, 0.2) is 5.52 Å². The number of nitro groups is 2. The maximum absolute atomic E-state index is 11.3. The van der Waals surface area contributed by atoms with Crippen LogP contribution in [0.2, 0.25) is 0 Å². The smallest absolute Gasteiger partial charge is 0.307 e. The number of carbonyl (C=O) groups excluding carboxylic acids is 1. The van der Waals surface area contributed by atoms with Crippen molar-refractivity contribution in [3.05, 3.63) is 56.1 Å². The summed E-state index contributed by atoms with van der Waals surface area (Å²) in [5.41, 5.74) is -1.68. The van der Waals surface area contributed by atoms with Gasteiger partial charge in [-0.3, -0.25) is 20.2 Å². The van der Waals surface area contributed by atoms with Gasteiger partial charge in [-0.2, -0.15) is 0 Å². The number of hydrogen-bond acceptors (Lipinski definition) is 10. The second kappa shape index (κ2) is 5.84. The van der Waals surface area contributed by atoms with E-state index in [0.717, 1.165) is 6.07 Å². The lowest BCUT2D eigenvalue weighted by molar-refractivity contribution is -0.392. The minimum Gasteiger partial charge on any atom is -0.545 e. The molecule has 0 unspecified atom stereocenters. The normalized spacial score (nSPS) is 10.6. The number of nitro benzene ring substituents is 2. The Labute approximate surface area is 136 Å². The number of benzene rings is 2. The largest absolute Gasteiger partial charge is 0.545 e. The van der Waals surface area contributed by atoms with Crippen LogP contribution in [0.1, 0.15) is 10.4 Å². The maximum Gasteiger partial charge on any atom is 0.307 e. The van der Waals surface area contributed by atoms with Gasteiger partial charge in [0.05, 0.1) is 21.9 Å². The van der Waals surface area contributed by atoms with Crippen LogP contribution < -0.4 is 10.4 Å². The van der Waals surface area contributed by atoms with Crippen molar-refractivity contribution in [1.82, 2.24) is 10.3 Å². The molecule has 0 radical (unpaired) electrons. The average molecular weight is 344 g/mol. The fourth-order valence-electron chi connectivity index (χ4n) is 2.15. The van der Waals surface area contributed by atoms with Crippen LogP contribution in [0.4, 0.5) is 22.7 Å². The Balaban J connectivity index is 2.14. The fourth-order valence-corrected chi connectivity index (χ4v) is 2.15. The van der Waals surface area contributed by atoms with E-state index in [9.17, 15) is 30.1 Å². The predicted octanol–water partition coefficient (Wildman–Crippen LogP) is 1.15. The van der Waals surface area contributed by atoms with E-state index in [2.05, 4.69) is 20.3 Å². The highest BCUT2D eigenvalue weighted by atomic mass is 16.6. The number of aromatic nitrogens is 2. The Bertz CT molecular complexity index is 1010. The molecule has 126 valence electrons. The molecule has 0 aliphatic rings. The molecule has 12 heteroatoms. The van der Waals surface area contributed by atoms with E-state index in [1.807, 2.05) is 0 Å². The zero-order chi connectivity index (χ0) is 18.1. The van der Waals surface area contributed by atoms with E-state index < -0.39 is 27.2 Å². The van der Waals surface area contributed by atoms with E-state index in [-0.39, 0.29) is 28.0 Å². The molecule has 0 atom stereocenters. The predicted molar refractivity (Wildman–Crippen MR) is 79.2 cm³/mol. The first-order chi connectivity index (χ1) is 11.9. The quantitative estimate of drug-likeness (QED) is 0.521. The van der Waals surface area contributed by atoms with Gasteiger partial charge in [0, 0.05) is 5.69 Å². The number of carboxylic acids is 1. The molecule has 1 heterocycles. The van der Waals surface area contributed by atoms with Gasteiger partial charge in [0.25, 0.3) is 0 Å².